The van der Waals surface area contributed by atoms with Crippen LogP contribution in [0.5, 0.6) is 0 Å². The van der Waals surface area contributed by atoms with Crippen molar-refractivity contribution in [2.45, 2.75) is 13.8 Å². The molecule has 0 aliphatic heterocycles. The Kier molecular flexibility index (Phi) is 5.23. The minimum Gasteiger partial charge on any atom is -0.452 e. The number of Topliss-reactive ketones (excluding diaryl/α,β-unsaturated/α-hetero) is 1. The Morgan fingerprint density at radius 1 is 1.33 bits per heavy atom. The van der Waals surface area contributed by atoms with Crippen LogP contribution in [0.1, 0.15) is 13.8 Å². The number of amides is 1. The second-order valence-electron chi connectivity index (χ2n) is 3.04. The SMILES string of the molecule is COC(=O)NS(=O)(=O)NCC(=O)C(C)C. The monoisotopic (exact) mass is 238 g/mol. The number of methoxy groups -OCH3 is 1. The van der Waals surface area contributed by atoms with Gasteiger partial charge in [0.1, 0.15) is 5.78 Å². The van der Waals surface area contributed by atoms with Gasteiger partial charge < -0.3 is 4.74 Å². The highest BCUT2D eigenvalue weighted by Crippen LogP contribution is 1.92. The molecule has 7 nitrogen and oxygen atoms in total. The highest BCUT2D eigenvalue weighted by Gasteiger charge is 2.16. The van der Waals surface area contributed by atoms with Crippen LogP contribution in [-0.4, -0.2) is 33.9 Å². The number of nitrogens with one attached hydrogen (secondary N) is 2. The number of carbonyl (C=O) groups is 2. The summed E-state index contributed by atoms with van der Waals surface area (Å²) in [5.74, 6) is -0.545. The molecule has 8 heteroatoms. The molecule has 0 aromatic heterocycles. The molecule has 0 saturated carbocycles. The van der Waals surface area contributed by atoms with E-state index in [0.717, 1.165) is 7.11 Å². The first-order valence-corrected chi connectivity index (χ1v) is 5.65. The Morgan fingerprint density at radius 3 is 2.27 bits per heavy atom. The Hall–Kier alpha value is -1.15. The van der Waals surface area contributed by atoms with E-state index >= 15 is 0 Å². The molecule has 0 aromatic rings. The molecule has 0 aliphatic rings. The average molecular weight is 238 g/mol. The summed E-state index contributed by atoms with van der Waals surface area (Å²) >= 11 is 0. The van der Waals surface area contributed by atoms with Gasteiger partial charge in [-0.1, -0.05) is 13.8 Å². The molecule has 88 valence electrons. The summed E-state index contributed by atoms with van der Waals surface area (Å²) in [6.45, 7) is 2.93. The van der Waals surface area contributed by atoms with Crippen LogP contribution in [0.25, 0.3) is 0 Å². The van der Waals surface area contributed by atoms with Crippen molar-refractivity contribution in [2.24, 2.45) is 5.92 Å². The van der Waals surface area contributed by atoms with Gasteiger partial charge >= 0.3 is 16.3 Å². The maximum atomic E-state index is 11.1. The largest absolute Gasteiger partial charge is 0.452 e. The van der Waals surface area contributed by atoms with Crippen LogP contribution in [-0.2, 0) is 19.7 Å². The number of carbonyl (C=O) groups excluding carboxylic acids is 2. The molecule has 0 saturated heterocycles. The van der Waals surface area contributed by atoms with E-state index in [1.165, 1.54) is 0 Å². The van der Waals surface area contributed by atoms with Gasteiger partial charge in [-0.25, -0.2) is 9.52 Å². The first-order chi connectivity index (χ1) is 6.78. The van der Waals surface area contributed by atoms with E-state index in [1.54, 1.807) is 18.6 Å². The molecule has 0 spiro atoms. The van der Waals surface area contributed by atoms with Crippen LogP contribution in [0, 0.1) is 5.92 Å². The topological polar surface area (TPSA) is 102 Å². The van der Waals surface area contributed by atoms with Crippen molar-refractivity contribution in [3.05, 3.63) is 0 Å². The van der Waals surface area contributed by atoms with E-state index in [2.05, 4.69) is 4.74 Å². The third-order valence-electron chi connectivity index (χ3n) is 1.48. The molecular formula is C7H14N2O5S. The van der Waals surface area contributed by atoms with Crippen molar-refractivity contribution in [2.75, 3.05) is 13.7 Å². The first-order valence-electron chi connectivity index (χ1n) is 4.16. The molecule has 2 N–H and O–H groups in total. The molecular weight excluding hydrogens is 224 g/mol. The van der Waals surface area contributed by atoms with Gasteiger partial charge in [0.2, 0.25) is 0 Å². The third kappa shape index (κ3) is 6.02. The fourth-order valence-corrected chi connectivity index (χ4v) is 1.26. The van der Waals surface area contributed by atoms with Gasteiger partial charge in [-0.3, -0.25) is 4.79 Å². The summed E-state index contributed by atoms with van der Waals surface area (Å²) in [7, 11) is -2.99. The van der Waals surface area contributed by atoms with Gasteiger partial charge in [0.25, 0.3) is 0 Å². The lowest BCUT2D eigenvalue weighted by molar-refractivity contribution is -0.120. The molecule has 15 heavy (non-hydrogen) atoms. The molecule has 0 atom stereocenters. The molecule has 0 unspecified atom stereocenters. The lowest BCUT2D eigenvalue weighted by Gasteiger charge is -2.07. The fourth-order valence-electron chi connectivity index (χ4n) is 0.558. The van der Waals surface area contributed by atoms with Crippen LogP contribution in [0.15, 0.2) is 0 Å². The van der Waals surface area contributed by atoms with Crippen molar-refractivity contribution in [1.82, 2.24) is 9.44 Å². The second-order valence-corrected chi connectivity index (χ2v) is 4.54. The normalized spacial score (nSPS) is 11.2. The van der Waals surface area contributed by atoms with E-state index in [4.69, 9.17) is 0 Å². The number of hydrogen-bond acceptors (Lipinski definition) is 5. The zero-order valence-electron chi connectivity index (χ0n) is 8.73. The number of hydrogen-bond donors (Lipinski definition) is 2. The van der Waals surface area contributed by atoms with E-state index < -0.39 is 16.3 Å². The van der Waals surface area contributed by atoms with Crippen LogP contribution in [0.3, 0.4) is 0 Å². The Bertz CT molecular complexity index is 335. The third-order valence-corrected chi connectivity index (χ3v) is 2.44. The quantitative estimate of drug-likeness (QED) is 0.666. The van der Waals surface area contributed by atoms with E-state index in [-0.39, 0.29) is 18.2 Å². The van der Waals surface area contributed by atoms with Gasteiger partial charge in [0, 0.05) is 5.92 Å². The standard InChI is InChI=1S/C7H14N2O5S/c1-5(2)6(10)4-8-15(12,13)9-7(11)14-3/h5,8H,4H2,1-3H3,(H,9,11). The van der Waals surface area contributed by atoms with Crippen LogP contribution in [0.4, 0.5) is 4.79 Å². The van der Waals surface area contributed by atoms with E-state index in [0.29, 0.717) is 0 Å². The number of ether oxygens (including phenoxy) is 1. The van der Waals surface area contributed by atoms with Crippen LogP contribution in [0.2, 0.25) is 0 Å². The van der Waals surface area contributed by atoms with E-state index in [9.17, 15) is 18.0 Å². The maximum absolute atomic E-state index is 11.1. The smallest absolute Gasteiger partial charge is 0.421 e. The highest BCUT2D eigenvalue weighted by atomic mass is 32.2. The summed E-state index contributed by atoms with van der Waals surface area (Å²) in [6, 6.07) is 0. The predicted octanol–water partition coefficient (Wildman–Crippen LogP) is -0.598. The number of rotatable bonds is 5. The van der Waals surface area contributed by atoms with Crippen molar-refractivity contribution in [3.8, 4) is 0 Å². The molecule has 0 aromatic carbocycles. The Morgan fingerprint density at radius 2 is 1.87 bits per heavy atom. The zero-order chi connectivity index (χ0) is 12.1. The molecule has 0 heterocycles. The van der Waals surface area contributed by atoms with Crippen LogP contribution >= 0.6 is 0 Å². The van der Waals surface area contributed by atoms with Gasteiger partial charge in [-0.05, 0) is 0 Å². The minimum atomic E-state index is -4.02. The van der Waals surface area contributed by atoms with E-state index in [1.807, 2.05) is 4.72 Å². The molecule has 0 fully saturated rings. The Balaban J connectivity index is 4.17. The maximum Gasteiger partial charge on any atom is 0.421 e. The summed E-state index contributed by atoms with van der Waals surface area (Å²) < 4.78 is 29.7. The second kappa shape index (κ2) is 5.66. The molecule has 0 rings (SSSR count). The van der Waals surface area contributed by atoms with Crippen LogP contribution < -0.4 is 9.44 Å². The number of ketones is 1. The fraction of sp³-hybridized carbons (Fsp3) is 0.714. The lowest BCUT2D eigenvalue weighted by atomic mass is 10.1. The molecule has 0 aliphatic carbocycles. The summed E-state index contributed by atoms with van der Waals surface area (Å²) in [5.41, 5.74) is 0. The highest BCUT2D eigenvalue weighted by molar-refractivity contribution is 7.88. The summed E-state index contributed by atoms with van der Waals surface area (Å²) in [5, 5.41) is 0. The predicted molar refractivity (Wildman–Crippen MR) is 52.3 cm³/mol. The zero-order valence-corrected chi connectivity index (χ0v) is 9.55. The van der Waals surface area contributed by atoms with Gasteiger partial charge in [-0.2, -0.15) is 13.1 Å². The molecule has 1 amide bonds. The van der Waals surface area contributed by atoms with Crippen molar-refractivity contribution >= 4 is 22.1 Å². The van der Waals surface area contributed by atoms with Crippen molar-refractivity contribution < 1.29 is 22.7 Å². The summed E-state index contributed by atoms with van der Waals surface area (Å²) in [6.07, 6.45) is -1.11. The minimum absolute atomic E-state index is 0.272. The molecule has 0 radical (unpaired) electrons. The first kappa shape index (κ1) is 13.8. The average Bonchev–Trinajstić information content (AvgIpc) is 2.13. The van der Waals surface area contributed by atoms with Crippen molar-refractivity contribution in [1.29, 1.82) is 0 Å². The summed E-state index contributed by atoms with van der Waals surface area (Å²) in [4.78, 5) is 21.6. The van der Waals surface area contributed by atoms with Gasteiger partial charge in [0.05, 0.1) is 13.7 Å². The van der Waals surface area contributed by atoms with Gasteiger partial charge in [0.15, 0.2) is 0 Å². The Labute approximate surface area is 88.4 Å². The molecule has 0 bridgehead atoms. The lowest BCUT2D eigenvalue weighted by Crippen LogP contribution is -2.42. The van der Waals surface area contributed by atoms with Crippen molar-refractivity contribution in [3.63, 3.8) is 0 Å². The van der Waals surface area contributed by atoms with Gasteiger partial charge in [-0.15, -0.1) is 0 Å².